The van der Waals surface area contributed by atoms with E-state index in [4.69, 9.17) is 10.5 Å². The zero-order chi connectivity index (χ0) is 13.4. The maximum atomic E-state index is 5.63. The molecular weight excluding hydrogens is 224 g/mol. The molecular formula is C15H26N2O. The van der Waals surface area contributed by atoms with E-state index in [1.54, 1.807) is 7.11 Å². The molecule has 1 aromatic rings. The minimum absolute atomic E-state index is 0.471. The Hall–Kier alpha value is -1.06. The van der Waals surface area contributed by atoms with Crippen LogP contribution in [0.5, 0.6) is 0 Å². The van der Waals surface area contributed by atoms with E-state index in [9.17, 15) is 0 Å². The Morgan fingerprint density at radius 2 is 2.17 bits per heavy atom. The van der Waals surface area contributed by atoms with Crippen LogP contribution in [0.4, 0.5) is 5.69 Å². The first-order valence-electron chi connectivity index (χ1n) is 6.71. The summed E-state index contributed by atoms with van der Waals surface area (Å²) in [4.78, 5) is 2.43. The normalized spacial score (nSPS) is 12.4. The summed E-state index contributed by atoms with van der Waals surface area (Å²) in [5.41, 5.74) is 8.21. The summed E-state index contributed by atoms with van der Waals surface area (Å²) in [7, 11) is 1.75. The molecule has 0 saturated carbocycles. The van der Waals surface area contributed by atoms with Gasteiger partial charge in [0.05, 0.1) is 0 Å². The fourth-order valence-electron chi connectivity index (χ4n) is 2.12. The van der Waals surface area contributed by atoms with Crippen LogP contribution >= 0.6 is 0 Å². The number of methoxy groups -OCH3 is 1. The highest BCUT2D eigenvalue weighted by atomic mass is 16.5. The second kappa shape index (κ2) is 8.11. The van der Waals surface area contributed by atoms with Gasteiger partial charge < -0.3 is 15.4 Å². The number of hydrogen-bond acceptors (Lipinski definition) is 3. The SMILES string of the molecule is COCCC(C)N(CCCN)c1cccc(C)c1. The third-order valence-electron chi connectivity index (χ3n) is 3.21. The second-order valence-electron chi connectivity index (χ2n) is 4.81. The van der Waals surface area contributed by atoms with Gasteiger partial charge in [0.15, 0.2) is 0 Å². The Balaban J connectivity index is 2.76. The summed E-state index contributed by atoms with van der Waals surface area (Å²) in [6.07, 6.45) is 2.06. The average molecular weight is 250 g/mol. The molecule has 0 aliphatic carbocycles. The molecule has 1 rings (SSSR count). The van der Waals surface area contributed by atoms with E-state index in [1.807, 2.05) is 0 Å². The van der Waals surface area contributed by atoms with Crippen LogP contribution in [0.15, 0.2) is 24.3 Å². The molecule has 0 bridgehead atoms. The van der Waals surface area contributed by atoms with Gasteiger partial charge in [-0.15, -0.1) is 0 Å². The highest BCUT2D eigenvalue weighted by molar-refractivity contribution is 5.49. The van der Waals surface area contributed by atoms with Crippen molar-refractivity contribution in [1.29, 1.82) is 0 Å². The maximum absolute atomic E-state index is 5.63. The summed E-state index contributed by atoms with van der Waals surface area (Å²) in [6.45, 7) is 6.92. The Morgan fingerprint density at radius 1 is 1.39 bits per heavy atom. The Morgan fingerprint density at radius 3 is 2.78 bits per heavy atom. The van der Waals surface area contributed by atoms with Gasteiger partial charge in [0.2, 0.25) is 0 Å². The predicted molar refractivity (Wildman–Crippen MR) is 78.2 cm³/mol. The summed E-state index contributed by atoms with van der Waals surface area (Å²) in [5.74, 6) is 0. The summed E-state index contributed by atoms with van der Waals surface area (Å²) < 4.78 is 5.18. The molecule has 1 aromatic carbocycles. The third-order valence-corrected chi connectivity index (χ3v) is 3.21. The number of ether oxygens (including phenoxy) is 1. The monoisotopic (exact) mass is 250 g/mol. The van der Waals surface area contributed by atoms with Crippen LogP contribution in [0, 0.1) is 6.92 Å². The fourth-order valence-corrected chi connectivity index (χ4v) is 2.12. The molecule has 0 heterocycles. The molecule has 0 aliphatic rings. The van der Waals surface area contributed by atoms with Gasteiger partial charge in [0.1, 0.15) is 0 Å². The molecule has 1 unspecified atom stereocenters. The molecule has 0 aliphatic heterocycles. The zero-order valence-corrected chi connectivity index (χ0v) is 11.9. The predicted octanol–water partition coefficient (Wildman–Crippen LogP) is 2.58. The van der Waals surface area contributed by atoms with Gasteiger partial charge in [-0.05, 0) is 50.9 Å². The van der Waals surface area contributed by atoms with Crippen molar-refractivity contribution in [2.45, 2.75) is 32.7 Å². The van der Waals surface area contributed by atoms with Crippen molar-refractivity contribution >= 4 is 5.69 Å². The van der Waals surface area contributed by atoms with Crippen molar-refractivity contribution in [3.63, 3.8) is 0 Å². The van der Waals surface area contributed by atoms with Crippen LogP contribution in [0.1, 0.15) is 25.3 Å². The van der Waals surface area contributed by atoms with Crippen LogP contribution < -0.4 is 10.6 Å². The van der Waals surface area contributed by atoms with E-state index < -0.39 is 0 Å². The van der Waals surface area contributed by atoms with Crippen LogP contribution in [-0.2, 0) is 4.74 Å². The van der Waals surface area contributed by atoms with Crippen molar-refractivity contribution in [2.75, 3.05) is 31.7 Å². The standard InChI is InChI=1S/C15H26N2O/c1-13-6-4-7-15(12-13)17(10-5-9-16)14(2)8-11-18-3/h4,6-7,12,14H,5,8-11,16H2,1-3H3. The van der Waals surface area contributed by atoms with Crippen LogP contribution in [0.2, 0.25) is 0 Å². The molecule has 0 aromatic heterocycles. The van der Waals surface area contributed by atoms with E-state index in [0.29, 0.717) is 6.04 Å². The highest BCUT2D eigenvalue weighted by Crippen LogP contribution is 2.20. The Bertz CT molecular complexity index is 341. The molecule has 0 spiro atoms. The first-order valence-corrected chi connectivity index (χ1v) is 6.71. The lowest BCUT2D eigenvalue weighted by Crippen LogP contribution is -2.35. The quantitative estimate of drug-likeness (QED) is 0.770. The molecule has 18 heavy (non-hydrogen) atoms. The topological polar surface area (TPSA) is 38.5 Å². The maximum Gasteiger partial charge on any atom is 0.0481 e. The molecule has 0 radical (unpaired) electrons. The number of benzene rings is 1. The van der Waals surface area contributed by atoms with E-state index in [2.05, 4.69) is 43.0 Å². The number of nitrogens with zero attached hydrogens (tertiary/aromatic N) is 1. The first kappa shape index (κ1) is 15.0. The summed E-state index contributed by atoms with van der Waals surface area (Å²) in [6, 6.07) is 9.12. The zero-order valence-electron chi connectivity index (χ0n) is 11.9. The van der Waals surface area contributed by atoms with Crippen molar-refractivity contribution in [3.8, 4) is 0 Å². The molecule has 0 fully saturated rings. The minimum atomic E-state index is 0.471. The molecule has 3 heteroatoms. The van der Waals surface area contributed by atoms with Crippen LogP contribution in [0.3, 0.4) is 0 Å². The smallest absolute Gasteiger partial charge is 0.0481 e. The summed E-state index contributed by atoms with van der Waals surface area (Å²) >= 11 is 0. The van der Waals surface area contributed by atoms with Gasteiger partial charge in [-0.25, -0.2) is 0 Å². The molecule has 1 atom stereocenters. The molecule has 2 N–H and O–H groups in total. The van der Waals surface area contributed by atoms with Gasteiger partial charge in [0, 0.05) is 32.0 Å². The third kappa shape index (κ3) is 4.67. The van der Waals surface area contributed by atoms with Gasteiger partial charge in [-0.1, -0.05) is 12.1 Å². The largest absolute Gasteiger partial charge is 0.385 e. The number of nitrogens with two attached hydrogens (primary N) is 1. The first-order chi connectivity index (χ1) is 8.69. The van der Waals surface area contributed by atoms with Crippen molar-refractivity contribution in [1.82, 2.24) is 0 Å². The number of rotatable bonds is 8. The number of hydrogen-bond donors (Lipinski definition) is 1. The number of anilines is 1. The lowest BCUT2D eigenvalue weighted by atomic mass is 10.1. The lowest BCUT2D eigenvalue weighted by Gasteiger charge is -2.31. The van der Waals surface area contributed by atoms with Crippen molar-refractivity contribution in [3.05, 3.63) is 29.8 Å². The second-order valence-corrected chi connectivity index (χ2v) is 4.81. The van der Waals surface area contributed by atoms with E-state index in [1.165, 1.54) is 11.3 Å². The van der Waals surface area contributed by atoms with Crippen molar-refractivity contribution < 1.29 is 4.74 Å². The van der Waals surface area contributed by atoms with Gasteiger partial charge in [-0.3, -0.25) is 0 Å². The number of aryl methyl sites for hydroxylation is 1. The average Bonchev–Trinajstić information content (AvgIpc) is 2.37. The van der Waals surface area contributed by atoms with Gasteiger partial charge in [-0.2, -0.15) is 0 Å². The van der Waals surface area contributed by atoms with Gasteiger partial charge >= 0.3 is 0 Å². The van der Waals surface area contributed by atoms with Crippen molar-refractivity contribution in [2.24, 2.45) is 5.73 Å². The molecule has 0 amide bonds. The fraction of sp³-hybridized carbons (Fsp3) is 0.600. The molecule has 102 valence electrons. The van der Waals surface area contributed by atoms with Crippen LogP contribution in [-0.4, -0.2) is 32.8 Å². The molecule has 0 saturated heterocycles. The molecule has 3 nitrogen and oxygen atoms in total. The van der Waals surface area contributed by atoms with Gasteiger partial charge in [0.25, 0.3) is 0 Å². The highest BCUT2D eigenvalue weighted by Gasteiger charge is 2.13. The van der Waals surface area contributed by atoms with E-state index >= 15 is 0 Å². The van der Waals surface area contributed by atoms with E-state index in [-0.39, 0.29) is 0 Å². The van der Waals surface area contributed by atoms with E-state index in [0.717, 1.165) is 32.5 Å². The lowest BCUT2D eigenvalue weighted by molar-refractivity contribution is 0.188. The summed E-state index contributed by atoms with van der Waals surface area (Å²) in [5, 5.41) is 0. The van der Waals surface area contributed by atoms with Crippen LogP contribution in [0.25, 0.3) is 0 Å². The Kier molecular flexibility index (Phi) is 6.76. The minimum Gasteiger partial charge on any atom is -0.385 e. The Labute approximate surface area is 111 Å².